The number of phosphoric ester groups is 2. The number of rotatable bonds is 74. The minimum absolute atomic E-state index is 0.107. The van der Waals surface area contributed by atoms with Crippen molar-refractivity contribution < 1.29 is 80.2 Å². The summed E-state index contributed by atoms with van der Waals surface area (Å²) in [7, 11) is -9.91. The van der Waals surface area contributed by atoms with Gasteiger partial charge < -0.3 is 33.8 Å². The lowest BCUT2D eigenvalue weighted by Crippen LogP contribution is -2.30. The fourth-order valence-corrected chi connectivity index (χ4v) is 13.1. The standard InChI is InChI=1S/C75H146O17P2/c1-7-9-11-13-15-17-18-22-30-35-41-47-53-59-74(79)91-70(63-85-72(77)57-51-45-39-16-14-12-10-8-2)65-89-93(81,82)87-61-69(76)62-88-94(83,84)90-66-71(64-86-73(78)58-52-46-40-34-29-26-21-24-28-33-38-44-50-56-68(5)6)92-75(80)60-54-48-42-36-31-25-20-19-23-27-32-37-43-49-55-67(3)4/h67-71,76H,7-66H2,1-6H3,(H,81,82)(H,83,84)/t69-,70+,71+/m0/s1. The van der Waals surface area contributed by atoms with Gasteiger partial charge >= 0.3 is 39.5 Å². The molecule has 0 bridgehead atoms. The van der Waals surface area contributed by atoms with Crippen molar-refractivity contribution in [3.63, 3.8) is 0 Å². The zero-order chi connectivity index (χ0) is 69.3. The molecule has 0 aliphatic rings. The molecule has 0 amide bonds. The molecule has 558 valence electrons. The van der Waals surface area contributed by atoms with Crippen LogP contribution in [0.15, 0.2) is 0 Å². The fraction of sp³-hybridized carbons (Fsp3) is 0.947. The third kappa shape index (κ3) is 68.6. The van der Waals surface area contributed by atoms with E-state index in [-0.39, 0.29) is 25.7 Å². The van der Waals surface area contributed by atoms with Crippen molar-refractivity contribution in [1.82, 2.24) is 0 Å². The maximum absolute atomic E-state index is 13.1. The van der Waals surface area contributed by atoms with E-state index in [9.17, 15) is 43.2 Å². The lowest BCUT2D eigenvalue weighted by atomic mass is 10.0. The number of aliphatic hydroxyl groups excluding tert-OH is 1. The maximum atomic E-state index is 13.1. The summed E-state index contributed by atoms with van der Waals surface area (Å²) in [6.07, 6.45) is 54.0. The van der Waals surface area contributed by atoms with Crippen LogP contribution in [-0.4, -0.2) is 96.7 Å². The number of unbranched alkanes of at least 4 members (excludes halogenated alkanes) is 44. The summed E-state index contributed by atoms with van der Waals surface area (Å²) in [4.78, 5) is 72.7. The molecule has 19 heteroatoms. The smallest absolute Gasteiger partial charge is 0.462 e. The van der Waals surface area contributed by atoms with E-state index in [0.717, 1.165) is 108 Å². The number of carbonyl (C=O) groups excluding carboxylic acids is 4. The molecule has 0 radical (unpaired) electrons. The molecule has 0 fully saturated rings. The second-order valence-corrected chi connectivity index (χ2v) is 30.9. The summed E-state index contributed by atoms with van der Waals surface area (Å²) in [5, 5.41) is 10.6. The second-order valence-electron chi connectivity index (χ2n) is 28.0. The lowest BCUT2D eigenvalue weighted by molar-refractivity contribution is -0.161. The first-order valence-electron chi connectivity index (χ1n) is 39.0. The molecule has 17 nitrogen and oxygen atoms in total. The summed E-state index contributed by atoms with van der Waals surface area (Å²) >= 11 is 0. The van der Waals surface area contributed by atoms with Gasteiger partial charge in [0.15, 0.2) is 12.2 Å². The quantitative estimate of drug-likeness (QED) is 0.0222. The molecule has 0 aromatic rings. The normalized spacial score (nSPS) is 14.0. The van der Waals surface area contributed by atoms with Crippen molar-refractivity contribution in [2.75, 3.05) is 39.6 Å². The number of phosphoric acid groups is 2. The van der Waals surface area contributed by atoms with Crippen molar-refractivity contribution in [3.8, 4) is 0 Å². The van der Waals surface area contributed by atoms with Crippen LogP contribution in [0.25, 0.3) is 0 Å². The largest absolute Gasteiger partial charge is 0.472 e. The Hall–Kier alpha value is -1.94. The van der Waals surface area contributed by atoms with Gasteiger partial charge in [-0.3, -0.25) is 37.3 Å². The highest BCUT2D eigenvalue weighted by Gasteiger charge is 2.30. The molecule has 2 unspecified atom stereocenters. The highest BCUT2D eigenvalue weighted by molar-refractivity contribution is 7.47. The molecule has 5 atom stereocenters. The Kier molecular flexibility index (Phi) is 65.5. The third-order valence-corrected chi connectivity index (χ3v) is 19.4. The van der Waals surface area contributed by atoms with E-state index in [2.05, 4.69) is 41.5 Å². The van der Waals surface area contributed by atoms with Crippen molar-refractivity contribution in [1.29, 1.82) is 0 Å². The lowest BCUT2D eigenvalue weighted by Gasteiger charge is -2.21. The van der Waals surface area contributed by atoms with Crippen LogP contribution in [-0.2, 0) is 65.4 Å². The van der Waals surface area contributed by atoms with Gasteiger partial charge in [-0.25, -0.2) is 9.13 Å². The zero-order valence-electron chi connectivity index (χ0n) is 61.3. The van der Waals surface area contributed by atoms with E-state index in [1.54, 1.807) is 0 Å². The topological polar surface area (TPSA) is 237 Å². The van der Waals surface area contributed by atoms with Gasteiger partial charge in [0.1, 0.15) is 19.3 Å². The third-order valence-electron chi connectivity index (χ3n) is 17.5. The monoisotopic (exact) mass is 1380 g/mol. The highest BCUT2D eigenvalue weighted by Crippen LogP contribution is 2.45. The Morgan fingerprint density at radius 3 is 0.723 bits per heavy atom. The molecule has 0 aliphatic heterocycles. The van der Waals surface area contributed by atoms with Crippen LogP contribution < -0.4 is 0 Å². The van der Waals surface area contributed by atoms with Crippen LogP contribution in [0.2, 0.25) is 0 Å². The first-order chi connectivity index (χ1) is 45.4. The van der Waals surface area contributed by atoms with Gasteiger partial charge in [-0.15, -0.1) is 0 Å². The van der Waals surface area contributed by atoms with Crippen molar-refractivity contribution in [2.45, 2.75) is 407 Å². The van der Waals surface area contributed by atoms with Gasteiger partial charge in [0.25, 0.3) is 0 Å². The van der Waals surface area contributed by atoms with Crippen LogP contribution in [0, 0.1) is 11.8 Å². The number of carbonyl (C=O) groups is 4. The first kappa shape index (κ1) is 92.1. The average molecular weight is 1380 g/mol. The molecular weight excluding hydrogens is 1230 g/mol. The van der Waals surface area contributed by atoms with Crippen molar-refractivity contribution in [2.24, 2.45) is 11.8 Å². The molecule has 94 heavy (non-hydrogen) atoms. The van der Waals surface area contributed by atoms with E-state index in [0.29, 0.717) is 25.7 Å². The van der Waals surface area contributed by atoms with Crippen LogP contribution in [0.1, 0.15) is 388 Å². The number of hydrogen-bond acceptors (Lipinski definition) is 15. The van der Waals surface area contributed by atoms with E-state index in [4.69, 9.17) is 37.0 Å². The average Bonchev–Trinajstić information content (AvgIpc) is 1.69. The van der Waals surface area contributed by atoms with E-state index in [1.807, 2.05) is 0 Å². The fourth-order valence-electron chi connectivity index (χ4n) is 11.5. The van der Waals surface area contributed by atoms with E-state index < -0.39 is 97.5 Å². The van der Waals surface area contributed by atoms with Crippen molar-refractivity contribution in [3.05, 3.63) is 0 Å². The molecule has 0 aromatic carbocycles. The van der Waals surface area contributed by atoms with Gasteiger partial charge in [0, 0.05) is 25.7 Å². The van der Waals surface area contributed by atoms with Crippen LogP contribution in [0.4, 0.5) is 0 Å². The number of ether oxygens (including phenoxy) is 4. The van der Waals surface area contributed by atoms with Crippen molar-refractivity contribution >= 4 is 39.5 Å². The molecule has 0 saturated heterocycles. The highest BCUT2D eigenvalue weighted by atomic mass is 31.2. The van der Waals surface area contributed by atoms with Gasteiger partial charge in [-0.2, -0.15) is 0 Å². The Morgan fingerprint density at radius 2 is 0.489 bits per heavy atom. The minimum Gasteiger partial charge on any atom is -0.462 e. The number of esters is 4. The summed E-state index contributed by atoms with van der Waals surface area (Å²) in [6.45, 7) is 9.61. The molecule has 0 heterocycles. The van der Waals surface area contributed by atoms with Crippen LogP contribution in [0.5, 0.6) is 0 Å². The van der Waals surface area contributed by atoms with Gasteiger partial charge in [0.2, 0.25) is 0 Å². The van der Waals surface area contributed by atoms with E-state index >= 15 is 0 Å². The van der Waals surface area contributed by atoms with Gasteiger partial charge in [-0.05, 0) is 37.5 Å². The second kappa shape index (κ2) is 66.9. The Bertz CT molecular complexity index is 1820. The first-order valence-corrected chi connectivity index (χ1v) is 42.0. The predicted molar refractivity (Wildman–Crippen MR) is 381 cm³/mol. The predicted octanol–water partition coefficient (Wildman–Crippen LogP) is 21.9. The van der Waals surface area contributed by atoms with Gasteiger partial charge in [0.05, 0.1) is 26.4 Å². The minimum atomic E-state index is -4.96. The Morgan fingerprint density at radius 1 is 0.287 bits per heavy atom. The Balaban J connectivity index is 5.22. The summed E-state index contributed by atoms with van der Waals surface area (Å²) in [5.74, 6) is -0.531. The summed E-state index contributed by atoms with van der Waals surface area (Å²) in [6, 6.07) is 0. The number of hydrogen-bond donors (Lipinski definition) is 3. The molecule has 0 spiro atoms. The maximum Gasteiger partial charge on any atom is 0.472 e. The van der Waals surface area contributed by atoms with Gasteiger partial charge in [-0.1, -0.05) is 337 Å². The molecule has 0 saturated carbocycles. The van der Waals surface area contributed by atoms with Crippen LogP contribution in [0.3, 0.4) is 0 Å². The molecule has 0 aromatic heterocycles. The van der Waals surface area contributed by atoms with Crippen LogP contribution >= 0.6 is 15.6 Å². The zero-order valence-corrected chi connectivity index (χ0v) is 63.1. The Labute approximate surface area is 575 Å². The summed E-state index contributed by atoms with van der Waals surface area (Å²) < 4.78 is 68.4. The number of aliphatic hydroxyl groups is 1. The molecule has 0 rings (SSSR count). The molecule has 3 N–H and O–H groups in total. The van der Waals surface area contributed by atoms with E-state index in [1.165, 1.54) is 199 Å². The SMILES string of the molecule is CCCCCCCCCCCCCCCC(=O)O[C@H](COC(=O)CCCCCCCCCC)COP(=O)(O)OC[C@H](O)COP(=O)(O)OC[C@@H](COC(=O)CCCCCCCCCCCCCCCC(C)C)OC(=O)CCCCCCCCCCCCCCCCC(C)C. The molecule has 0 aliphatic carbocycles. The summed E-state index contributed by atoms with van der Waals surface area (Å²) in [5.41, 5.74) is 0. The molecular formula is C75H146O17P2.